The van der Waals surface area contributed by atoms with Crippen molar-refractivity contribution in [2.24, 2.45) is 0 Å². The molecule has 5 nitrogen and oxygen atoms in total. The molecule has 120 valence electrons. The molecule has 1 unspecified atom stereocenters. The van der Waals surface area contributed by atoms with Crippen molar-refractivity contribution in [3.8, 4) is 0 Å². The Morgan fingerprint density at radius 1 is 1.48 bits per heavy atom. The lowest BCUT2D eigenvalue weighted by Gasteiger charge is -2.32. The topological polar surface area (TPSA) is 53.2 Å². The molecule has 1 aliphatic heterocycles. The highest BCUT2D eigenvalue weighted by molar-refractivity contribution is 6.30. The molecule has 0 saturated carbocycles. The molecular weight excluding hydrogens is 288 g/mol. The SMILES string of the molecule is CCCCc1nc(Cl)c(CNCC2CN(CC)CCO2)[nH]1. The molecule has 21 heavy (non-hydrogen) atoms. The summed E-state index contributed by atoms with van der Waals surface area (Å²) in [4.78, 5) is 10.1. The molecule has 1 aromatic heterocycles. The van der Waals surface area contributed by atoms with Crippen LogP contribution in [0.2, 0.25) is 5.15 Å². The zero-order chi connectivity index (χ0) is 15.1. The molecule has 0 spiro atoms. The monoisotopic (exact) mass is 314 g/mol. The first-order chi connectivity index (χ1) is 10.2. The quantitative estimate of drug-likeness (QED) is 0.772. The summed E-state index contributed by atoms with van der Waals surface area (Å²) in [6, 6.07) is 0. The highest BCUT2D eigenvalue weighted by Gasteiger charge is 2.19. The highest BCUT2D eigenvalue weighted by atomic mass is 35.5. The normalized spacial score (nSPS) is 20.0. The van der Waals surface area contributed by atoms with E-state index in [9.17, 15) is 0 Å². The maximum Gasteiger partial charge on any atom is 0.151 e. The molecule has 1 aromatic rings. The molecule has 6 heteroatoms. The van der Waals surface area contributed by atoms with Crippen molar-refractivity contribution in [1.82, 2.24) is 20.2 Å². The first-order valence-electron chi connectivity index (χ1n) is 8.00. The Balaban J connectivity index is 1.74. The van der Waals surface area contributed by atoms with Gasteiger partial charge in [-0.25, -0.2) is 4.98 Å². The third kappa shape index (κ3) is 5.25. The standard InChI is InChI=1S/C15H27ClN4O/c1-3-5-6-14-18-13(15(16)19-14)10-17-9-12-11-20(4-2)7-8-21-12/h12,17H,3-11H2,1-2H3,(H,18,19). The van der Waals surface area contributed by atoms with Crippen LogP contribution in [0.3, 0.4) is 0 Å². The zero-order valence-electron chi connectivity index (χ0n) is 13.1. The van der Waals surface area contributed by atoms with Crippen molar-refractivity contribution in [3.05, 3.63) is 16.7 Å². The van der Waals surface area contributed by atoms with E-state index in [1.807, 2.05) is 0 Å². The third-order valence-electron chi connectivity index (χ3n) is 3.89. The van der Waals surface area contributed by atoms with E-state index in [0.29, 0.717) is 11.7 Å². The number of aryl methyl sites for hydroxylation is 1. The van der Waals surface area contributed by atoms with Gasteiger partial charge in [0.15, 0.2) is 5.15 Å². The van der Waals surface area contributed by atoms with Gasteiger partial charge in [0.2, 0.25) is 0 Å². The van der Waals surface area contributed by atoms with Crippen LogP contribution < -0.4 is 5.32 Å². The van der Waals surface area contributed by atoms with Gasteiger partial charge in [-0.1, -0.05) is 31.9 Å². The second-order valence-electron chi connectivity index (χ2n) is 5.57. The van der Waals surface area contributed by atoms with Gasteiger partial charge in [-0.05, 0) is 13.0 Å². The van der Waals surface area contributed by atoms with E-state index in [0.717, 1.165) is 57.1 Å². The number of H-pyrrole nitrogens is 1. The Hall–Kier alpha value is -0.620. The van der Waals surface area contributed by atoms with E-state index >= 15 is 0 Å². The lowest BCUT2D eigenvalue weighted by Crippen LogP contribution is -2.46. The van der Waals surface area contributed by atoms with E-state index in [1.54, 1.807) is 0 Å². The van der Waals surface area contributed by atoms with Crippen LogP contribution in [-0.2, 0) is 17.7 Å². The number of hydrogen-bond donors (Lipinski definition) is 2. The van der Waals surface area contributed by atoms with Crippen LogP contribution in [0.15, 0.2) is 0 Å². The second-order valence-corrected chi connectivity index (χ2v) is 5.93. The molecule has 1 fully saturated rings. The molecular formula is C15H27ClN4O. The number of morpholine rings is 1. The first-order valence-corrected chi connectivity index (χ1v) is 8.38. The smallest absolute Gasteiger partial charge is 0.151 e. The number of nitrogens with one attached hydrogen (secondary N) is 2. The van der Waals surface area contributed by atoms with Crippen molar-refractivity contribution in [3.63, 3.8) is 0 Å². The summed E-state index contributed by atoms with van der Waals surface area (Å²) >= 11 is 6.17. The van der Waals surface area contributed by atoms with Crippen LogP contribution in [0.1, 0.15) is 38.2 Å². The number of hydrogen-bond acceptors (Lipinski definition) is 4. The maximum atomic E-state index is 6.17. The fourth-order valence-electron chi connectivity index (χ4n) is 2.57. The number of unbranched alkanes of at least 4 members (excludes halogenated alkanes) is 1. The molecule has 2 heterocycles. The average molecular weight is 315 g/mol. The van der Waals surface area contributed by atoms with Gasteiger partial charge in [-0.2, -0.15) is 0 Å². The summed E-state index contributed by atoms with van der Waals surface area (Å²) in [7, 11) is 0. The van der Waals surface area contributed by atoms with Crippen LogP contribution in [0.4, 0.5) is 0 Å². The molecule has 1 saturated heterocycles. The summed E-state index contributed by atoms with van der Waals surface area (Å²) in [5.41, 5.74) is 0.978. The van der Waals surface area contributed by atoms with E-state index in [1.165, 1.54) is 6.42 Å². The van der Waals surface area contributed by atoms with E-state index in [4.69, 9.17) is 16.3 Å². The molecule has 0 radical (unpaired) electrons. The number of rotatable bonds is 8. The number of nitrogens with zero attached hydrogens (tertiary/aromatic N) is 2. The number of aromatic amines is 1. The maximum absolute atomic E-state index is 6.17. The lowest BCUT2D eigenvalue weighted by molar-refractivity contribution is -0.0254. The number of ether oxygens (including phenoxy) is 1. The van der Waals surface area contributed by atoms with E-state index in [2.05, 4.69) is 34.0 Å². The molecule has 0 amide bonds. The molecule has 0 aliphatic carbocycles. The molecule has 2 rings (SSSR count). The van der Waals surface area contributed by atoms with Gasteiger partial charge < -0.3 is 15.0 Å². The fraction of sp³-hybridized carbons (Fsp3) is 0.800. The van der Waals surface area contributed by atoms with Crippen molar-refractivity contribution in [1.29, 1.82) is 0 Å². The minimum Gasteiger partial charge on any atom is -0.374 e. The summed E-state index contributed by atoms with van der Waals surface area (Å²) in [6.45, 7) is 9.89. The number of likely N-dealkylation sites (N-methyl/N-ethyl adjacent to an activating group) is 1. The van der Waals surface area contributed by atoms with E-state index in [-0.39, 0.29) is 6.10 Å². The minimum absolute atomic E-state index is 0.264. The first kappa shape index (κ1) is 16.7. The van der Waals surface area contributed by atoms with Crippen molar-refractivity contribution < 1.29 is 4.74 Å². The van der Waals surface area contributed by atoms with Crippen molar-refractivity contribution in [2.45, 2.75) is 45.8 Å². The van der Waals surface area contributed by atoms with Gasteiger partial charge in [0, 0.05) is 32.6 Å². The van der Waals surface area contributed by atoms with Gasteiger partial charge in [-0.3, -0.25) is 4.90 Å². The number of imidazole rings is 1. The molecule has 2 N–H and O–H groups in total. The van der Waals surface area contributed by atoms with Gasteiger partial charge >= 0.3 is 0 Å². The third-order valence-corrected chi connectivity index (χ3v) is 4.20. The lowest BCUT2D eigenvalue weighted by atomic mass is 10.2. The Bertz CT molecular complexity index is 424. The van der Waals surface area contributed by atoms with Crippen LogP contribution in [0.5, 0.6) is 0 Å². The van der Waals surface area contributed by atoms with Gasteiger partial charge in [0.05, 0.1) is 18.4 Å². The van der Waals surface area contributed by atoms with E-state index < -0.39 is 0 Å². The van der Waals surface area contributed by atoms with Crippen LogP contribution in [0.25, 0.3) is 0 Å². The van der Waals surface area contributed by atoms with Crippen molar-refractivity contribution in [2.75, 3.05) is 32.8 Å². The molecule has 1 atom stereocenters. The fourth-order valence-corrected chi connectivity index (χ4v) is 2.78. The number of halogens is 1. The van der Waals surface area contributed by atoms with Crippen LogP contribution >= 0.6 is 11.6 Å². The largest absolute Gasteiger partial charge is 0.374 e. The van der Waals surface area contributed by atoms with Crippen LogP contribution in [0, 0.1) is 0 Å². The highest BCUT2D eigenvalue weighted by Crippen LogP contribution is 2.14. The van der Waals surface area contributed by atoms with Gasteiger partial charge in [0.1, 0.15) is 5.82 Å². The van der Waals surface area contributed by atoms with Crippen molar-refractivity contribution >= 4 is 11.6 Å². The molecule has 1 aliphatic rings. The van der Waals surface area contributed by atoms with Gasteiger partial charge in [0.25, 0.3) is 0 Å². The number of aromatic nitrogens is 2. The predicted molar refractivity (Wildman–Crippen MR) is 85.8 cm³/mol. The zero-order valence-corrected chi connectivity index (χ0v) is 13.9. The Morgan fingerprint density at radius 3 is 3.10 bits per heavy atom. The molecule has 0 aromatic carbocycles. The summed E-state index contributed by atoms with van der Waals surface area (Å²) < 4.78 is 5.77. The predicted octanol–water partition coefficient (Wildman–Crippen LogP) is 2.22. The Kier molecular flexibility index (Phi) is 6.96. The summed E-state index contributed by atoms with van der Waals surface area (Å²) in [6.07, 6.45) is 3.53. The Morgan fingerprint density at radius 2 is 2.33 bits per heavy atom. The average Bonchev–Trinajstić information content (AvgIpc) is 2.86. The minimum atomic E-state index is 0.264. The van der Waals surface area contributed by atoms with Crippen LogP contribution in [-0.4, -0.2) is 53.8 Å². The molecule has 0 bridgehead atoms. The summed E-state index contributed by atoms with van der Waals surface area (Å²) in [5.74, 6) is 0.990. The summed E-state index contributed by atoms with van der Waals surface area (Å²) in [5, 5.41) is 4.01. The second kappa shape index (κ2) is 8.73. The van der Waals surface area contributed by atoms with Gasteiger partial charge in [-0.15, -0.1) is 0 Å². The Labute approximate surface area is 132 Å².